The minimum absolute atomic E-state index is 0. The van der Waals surface area contributed by atoms with Crippen molar-refractivity contribution in [2.24, 2.45) is 10.4 Å². The van der Waals surface area contributed by atoms with E-state index in [0.717, 1.165) is 12.3 Å². The lowest BCUT2D eigenvalue weighted by molar-refractivity contribution is -0.120. The molecule has 1 fully saturated rings. The molecule has 0 atom stereocenters. The number of nitrogens with zero attached hydrogens (tertiary/aromatic N) is 1. The van der Waals surface area contributed by atoms with Crippen molar-refractivity contribution in [3.63, 3.8) is 0 Å². The van der Waals surface area contributed by atoms with Gasteiger partial charge in [-0.05, 0) is 36.8 Å². The lowest BCUT2D eigenvalue weighted by Gasteiger charge is -2.41. The molecule has 0 aromatic carbocycles. The molecule has 0 radical (unpaired) electrons. The van der Waals surface area contributed by atoms with Gasteiger partial charge in [-0.3, -0.25) is 9.79 Å². The summed E-state index contributed by atoms with van der Waals surface area (Å²) in [6.45, 7) is 3.74. The van der Waals surface area contributed by atoms with Crippen LogP contribution in [0.15, 0.2) is 27.8 Å². The highest BCUT2D eigenvalue weighted by molar-refractivity contribution is 14.0. The first kappa shape index (κ1) is 19.8. The fourth-order valence-electron chi connectivity index (χ4n) is 2.65. The van der Waals surface area contributed by atoms with Crippen LogP contribution in [0.25, 0.3) is 0 Å². The Morgan fingerprint density at radius 2 is 2.13 bits per heavy atom. The van der Waals surface area contributed by atoms with E-state index in [-0.39, 0.29) is 36.4 Å². The molecule has 1 aliphatic carbocycles. The summed E-state index contributed by atoms with van der Waals surface area (Å²) in [5.74, 6) is 1.33. The number of guanidine groups is 1. The third kappa shape index (κ3) is 6.04. The molecule has 0 bridgehead atoms. The highest BCUT2D eigenvalue weighted by Gasteiger charge is 2.34. The van der Waals surface area contributed by atoms with E-state index in [4.69, 9.17) is 4.42 Å². The van der Waals surface area contributed by atoms with Crippen molar-refractivity contribution in [3.8, 4) is 0 Å². The van der Waals surface area contributed by atoms with Crippen LogP contribution in [0.1, 0.15) is 38.4 Å². The fraction of sp³-hybridized carbons (Fsp3) is 0.625. The Morgan fingerprint density at radius 1 is 1.35 bits per heavy atom. The molecule has 0 unspecified atom stereocenters. The topological polar surface area (TPSA) is 78.7 Å². The Hall–Kier alpha value is -1.25. The lowest BCUT2D eigenvalue weighted by Crippen LogP contribution is -2.48. The van der Waals surface area contributed by atoms with Gasteiger partial charge in [-0.25, -0.2) is 0 Å². The number of hydrogen-bond donors (Lipinski definition) is 3. The second-order valence-electron chi connectivity index (χ2n) is 5.84. The summed E-state index contributed by atoms with van der Waals surface area (Å²) in [5.41, 5.74) is 0.416. The molecule has 0 aliphatic heterocycles. The van der Waals surface area contributed by atoms with Gasteiger partial charge in [0.1, 0.15) is 5.76 Å². The van der Waals surface area contributed by atoms with E-state index < -0.39 is 0 Å². The largest absolute Gasteiger partial charge is 0.467 e. The quantitative estimate of drug-likeness (QED) is 0.350. The van der Waals surface area contributed by atoms with Gasteiger partial charge in [0.25, 0.3) is 0 Å². The molecular weight excluding hydrogens is 407 g/mol. The highest BCUT2D eigenvalue weighted by Crippen LogP contribution is 2.42. The Morgan fingerprint density at radius 3 is 2.65 bits per heavy atom. The van der Waals surface area contributed by atoms with E-state index in [1.54, 1.807) is 19.4 Å². The van der Waals surface area contributed by atoms with Crippen LogP contribution in [0.4, 0.5) is 0 Å². The number of aliphatic imine (C=N–C) groups is 1. The maximum Gasteiger partial charge on any atom is 0.239 e. The molecule has 7 heteroatoms. The molecule has 3 N–H and O–H groups in total. The maximum absolute atomic E-state index is 11.8. The number of amides is 1. The number of rotatable bonds is 7. The van der Waals surface area contributed by atoms with Gasteiger partial charge < -0.3 is 20.4 Å². The molecule has 1 aromatic heterocycles. The zero-order valence-corrected chi connectivity index (χ0v) is 16.2. The first-order chi connectivity index (χ1) is 10.7. The SMILES string of the molecule is CCC1(CNC(=NC)NCC(=O)NCc2ccco2)CCC1.I. The van der Waals surface area contributed by atoms with Crippen molar-refractivity contribution in [1.82, 2.24) is 16.0 Å². The Bertz CT molecular complexity index is 493. The van der Waals surface area contributed by atoms with E-state index >= 15 is 0 Å². The first-order valence-corrected chi connectivity index (χ1v) is 7.91. The van der Waals surface area contributed by atoms with Crippen LogP contribution < -0.4 is 16.0 Å². The van der Waals surface area contributed by atoms with Crippen LogP contribution in [-0.4, -0.2) is 32.0 Å². The summed E-state index contributed by atoms with van der Waals surface area (Å²) in [7, 11) is 1.72. The van der Waals surface area contributed by atoms with E-state index in [1.165, 1.54) is 25.7 Å². The molecule has 1 aromatic rings. The minimum Gasteiger partial charge on any atom is -0.467 e. The molecule has 23 heavy (non-hydrogen) atoms. The molecular formula is C16H27IN4O2. The maximum atomic E-state index is 11.8. The van der Waals surface area contributed by atoms with Crippen molar-refractivity contribution >= 4 is 35.8 Å². The summed E-state index contributed by atoms with van der Waals surface area (Å²) in [6, 6.07) is 3.63. The molecule has 1 saturated carbocycles. The molecule has 0 saturated heterocycles. The van der Waals surface area contributed by atoms with Crippen molar-refractivity contribution < 1.29 is 9.21 Å². The molecule has 1 aliphatic rings. The third-order valence-electron chi connectivity index (χ3n) is 4.47. The summed E-state index contributed by atoms with van der Waals surface area (Å²) >= 11 is 0. The predicted molar refractivity (Wildman–Crippen MR) is 102 cm³/mol. The zero-order valence-electron chi connectivity index (χ0n) is 13.9. The van der Waals surface area contributed by atoms with Crippen molar-refractivity contribution in [2.45, 2.75) is 39.2 Å². The number of furan rings is 1. The van der Waals surface area contributed by atoms with Gasteiger partial charge in [-0.1, -0.05) is 13.3 Å². The van der Waals surface area contributed by atoms with Gasteiger partial charge in [-0.15, -0.1) is 24.0 Å². The van der Waals surface area contributed by atoms with E-state index in [0.29, 0.717) is 17.9 Å². The van der Waals surface area contributed by atoms with Crippen LogP contribution in [-0.2, 0) is 11.3 Å². The average Bonchev–Trinajstić information content (AvgIpc) is 3.00. The van der Waals surface area contributed by atoms with Crippen molar-refractivity contribution in [1.29, 1.82) is 0 Å². The van der Waals surface area contributed by atoms with Crippen LogP contribution >= 0.6 is 24.0 Å². The Labute approximate surface area is 154 Å². The summed E-state index contributed by atoms with van der Waals surface area (Å²) in [5, 5.41) is 9.16. The second-order valence-corrected chi connectivity index (χ2v) is 5.84. The fourth-order valence-corrected chi connectivity index (χ4v) is 2.65. The molecule has 1 amide bonds. The normalized spacial score (nSPS) is 16.0. The monoisotopic (exact) mass is 434 g/mol. The van der Waals surface area contributed by atoms with Crippen LogP contribution in [0.2, 0.25) is 0 Å². The van der Waals surface area contributed by atoms with Crippen molar-refractivity contribution in [2.75, 3.05) is 20.1 Å². The molecule has 130 valence electrons. The summed E-state index contributed by atoms with van der Waals surface area (Å²) in [4.78, 5) is 15.9. The molecule has 2 rings (SSSR count). The second kappa shape index (κ2) is 9.79. The summed E-state index contributed by atoms with van der Waals surface area (Å²) < 4.78 is 5.17. The standard InChI is InChI=1S/C16H26N4O2.HI/c1-3-16(7-5-8-16)12-20-15(17-2)19-11-14(21)18-10-13-6-4-9-22-13;/h4,6,9H,3,5,7-8,10-12H2,1-2H3,(H,18,21)(H2,17,19,20);1H. The number of carbonyl (C=O) groups excluding carboxylic acids is 1. The number of halogens is 1. The third-order valence-corrected chi connectivity index (χ3v) is 4.47. The first-order valence-electron chi connectivity index (χ1n) is 7.91. The predicted octanol–water partition coefficient (Wildman–Crippen LogP) is 2.26. The van der Waals surface area contributed by atoms with E-state index in [9.17, 15) is 4.79 Å². The van der Waals surface area contributed by atoms with Gasteiger partial charge in [0, 0.05) is 13.6 Å². The molecule has 1 heterocycles. The number of carbonyl (C=O) groups is 1. The van der Waals surface area contributed by atoms with Crippen molar-refractivity contribution in [3.05, 3.63) is 24.2 Å². The minimum atomic E-state index is -0.0896. The van der Waals surface area contributed by atoms with Gasteiger partial charge in [-0.2, -0.15) is 0 Å². The summed E-state index contributed by atoms with van der Waals surface area (Å²) in [6.07, 6.45) is 6.64. The zero-order chi connectivity index (χ0) is 15.8. The highest BCUT2D eigenvalue weighted by atomic mass is 127. The number of hydrogen-bond acceptors (Lipinski definition) is 3. The number of nitrogens with one attached hydrogen (secondary N) is 3. The molecule has 6 nitrogen and oxygen atoms in total. The Kier molecular flexibility index (Phi) is 8.43. The van der Waals surface area contributed by atoms with E-state index in [1.807, 2.05) is 6.07 Å². The van der Waals surface area contributed by atoms with E-state index in [2.05, 4.69) is 27.9 Å². The Balaban J connectivity index is 0.00000264. The smallest absolute Gasteiger partial charge is 0.239 e. The van der Waals surface area contributed by atoms with Gasteiger partial charge in [0.05, 0.1) is 19.4 Å². The van der Waals surface area contributed by atoms with Gasteiger partial charge in [0.15, 0.2) is 5.96 Å². The van der Waals surface area contributed by atoms with Crippen LogP contribution in [0.5, 0.6) is 0 Å². The van der Waals surface area contributed by atoms with Crippen LogP contribution in [0, 0.1) is 5.41 Å². The van der Waals surface area contributed by atoms with Crippen LogP contribution in [0.3, 0.4) is 0 Å². The molecule has 0 spiro atoms. The lowest BCUT2D eigenvalue weighted by atomic mass is 9.67. The van der Waals surface area contributed by atoms with Gasteiger partial charge in [0.2, 0.25) is 5.91 Å². The average molecular weight is 434 g/mol. The van der Waals surface area contributed by atoms with Gasteiger partial charge >= 0.3 is 0 Å².